The Kier molecular flexibility index (Phi) is 4.89. The first-order valence-electron chi connectivity index (χ1n) is 7.43. The van der Waals surface area contributed by atoms with Crippen molar-refractivity contribution in [1.29, 1.82) is 0 Å². The fraction of sp³-hybridized carbons (Fsp3) is 0.375. The van der Waals surface area contributed by atoms with Crippen LogP contribution < -0.4 is 10.6 Å². The zero-order valence-electron chi connectivity index (χ0n) is 12.9. The van der Waals surface area contributed by atoms with Gasteiger partial charge in [0.15, 0.2) is 0 Å². The van der Waals surface area contributed by atoms with E-state index in [9.17, 15) is 9.59 Å². The van der Waals surface area contributed by atoms with Crippen LogP contribution >= 0.6 is 38.6 Å². The molecule has 2 aromatic heterocycles. The maximum absolute atomic E-state index is 12.4. The van der Waals surface area contributed by atoms with Crippen molar-refractivity contribution in [3.63, 3.8) is 0 Å². The number of halogens is 1. The van der Waals surface area contributed by atoms with Crippen LogP contribution in [0.15, 0.2) is 15.9 Å². The molecule has 0 spiro atoms. The number of anilines is 1. The van der Waals surface area contributed by atoms with E-state index in [0.29, 0.717) is 21.4 Å². The van der Waals surface area contributed by atoms with E-state index in [1.165, 1.54) is 27.6 Å². The number of amides is 2. The zero-order chi connectivity index (χ0) is 16.6. The second-order valence-electron chi connectivity index (χ2n) is 5.69. The molecule has 0 aliphatic heterocycles. The maximum Gasteiger partial charge on any atom is 0.266 e. The zero-order valence-corrected chi connectivity index (χ0v) is 16.1. The molecule has 1 unspecified atom stereocenters. The number of carbonyl (C=O) groups excluding carboxylic acids is 2. The third kappa shape index (κ3) is 3.36. The van der Waals surface area contributed by atoms with E-state index in [2.05, 4.69) is 33.5 Å². The van der Waals surface area contributed by atoms with E-state index in [-0.39, 0.29) is 11.8 Å². The fourth-order valence-electron chi connectivity index (χ4n) is 2.81. The summed E-state index contributed by atoms with van der Waals surface area (Å²) in [5, 5.41) is 6.30. The van der Waals surface area contributed by atoms with E-state index >= 15 is 0 Å². The van der Waals surface area contributed by atoms with Crippen LogP contribution in [0.4, 0.5) is 5.00 Å². The molecule has 7 heteroatoms. The largest absolute Gasteiger partial charge is 0.355 e. The molecule has 2 N–H and O–H groups in total. The van der Waals surface area contributed by atoms with Crippen molar-refractivity contribution < 1.29 is 9.59 Å². The summed E-state index contributed by atoms with van der Waals surface area (Å²) in [5.74, 6) is 0.327. The van der Waals surface area contributed by atoms with Gasteiger partial charge >= 0.3 is 0 Å². The molecule has 1 aliphatic carbocycles. The number of thiophene rings is 2. The van der Waals surface area contributed by atoms with Crippen molar-refractivity contribution in [1.82, 2.24) is 5.32 Å². The van der Waals surface area contributed by atoms with Gasteiger partial charge in [-0.05, 0) is 58.8 Å². The fourth-order valence-corrected chi connectivity index (χ4v) is 5.49. The lowest BCUT2D eigenvalue weighted by Crippen LogP contribution is -2.22. The quantitative estimate of drug-likeness (QED) is 0.788. The molecule has 0 bridgehead atoms. The summed E-state index contributed by atoms with van der Waals surface area (Å²) in [6.07, 6.45) is 2.96. The Labute approximate surface area is 151 Å². The van der Waals surface area contributed by atoms with Gasteiger partial charge in [0.2, 0.25) is 0 Å². The van der Waals surface area contributed by atoms with Gasteiger partial charge in [-0.1, -0.05) is 6.92 Å². The van der Waals surface area contributed by atoms with Gasteiger partial charge in [-0.3, -0.25) is 9.59 Å². The molecule has 0 saturated carbocycles. The molecule has 1 aliphatic rings. The van der Waals surface area contributed by atoms with E-state index in [1.807, 2.05) is 6.07 Å². The smallest absolute Gasteiger partial charge is 0.266 e. The number of hydrogen-bond donors (Lipinski definition) is 2. The van der Waals surface area contributed by atoms with Crippen LogP contribution in [0.2, 0.25) is 0 Å². The van der Waals surface area contributed by atoms with Crippen molar-refractivity contribution in [3.8, 4) is 0 Å². The Balaban J connectivity index is 1.95. The number of carbonyl (C=O) groups is 2. The predicted molar refractivity (Wildman–Crippen MR) is 98.9 cm³/mol. The van der Waals surface area contributed by atoms with E-state index in [4.69, 9.17) is 0 Å². The highest BCUT2D eigenvalue weighted by molar-refractivity contribution is 9.11. The van der Waals surface area contributed by atoms with Crippen LogP contribution in [0.3, 0.4) is 0 Å². The van der Waals surface area contributed by atoms with Crippen LogP contribution in [-0.4, -0.2) is 18.9 Å². The number of fused-ring (bicyclic) bond motifs is 1. The molecule has 122 valence electrons. The van der Waals surface area contributed by atoms with Gasteiger partial charge in [-0.25, -0.2) is 0 Å². The minimum Gasteiger partial charge on any atom is -0.355 e. The minimum atomic E-state index is -0.169. The van der Waals surface area contributed by atoms with E-state index in [0.717, 1.165) is 28.6 Å². The molecule has 23 heavy (non-hydrogen) atoms. The van der Waals surface area contributed by atoms with E-state index in [1.54, 1.807) is 13.1 Å². The molecule has 2 amide bonds. The maximum atomic E-state index is 12.4. The minimum absolute atomic E-state index is 0.125. The Bertz CT molecular complexity index is 766. The molecular weight excluding hydrogens is 396 g/mol. The van der Waals surface area contributed by atoms with Crippen LogP contribution in [-0.2, 0) is 12.8 Å². The molecule has 4 nitrogen and oxygen atoms in total. The average molecular weight is 413 g/mol. The van der Waals surface area contributed by atoms with E-state index < -0.39 is 0 Å². The SMILES string of the molecule is CNC(=O)c1c(NC(=O)c2ccc(Br)s2)sc2c1CCC(C)C2. The molecule has 0 radical (unpaired) electrons. The van der Waals surface area contributed by atoms with Gasteiger partial charge < -0.3 is 10.6 Å². The number of rotatable bonds is 3. The lowest BCUT2D eigenvalue weighted by Gasteiger charge is -2.18. The second kappa shape index (κ2) is 6.75. The number of hydrogen-bond acceptors (Lipinski definition) is 4. The molecular formula is C16H17BrN2O2S2. The lowest BCUT2D eigenvalue weighted by molar-refractivity contribution is 0.0963. The van der Waals surface area contributed by atoms with Crippen LogP contribution in [0.25, 0.3) is 0 Å². The van der Waals surface area contributed by atoms with Gasteiger partial charge in [0.05, 0.1) is 14.2 Å². The third-order valence-electron chi connectivity index (χ3n) is 3.99. The van der Waals surface area contributed by atoms with Crippen LogP contribution in [0, 0.1) is 5.92 Å². The molecule has 0 fully saturated rings. The molecule has 1 atom stereocenters. The normalized spacial score (nSPS) is 16.7. The summed E-state index contributed by atoms with van der Waals surface area (Å²) in [7, 11) is 1.62. The third-order valence-corrected chi connectivity index (χ3v) is 6.78. The Hall–Kier alpha value is -1.18. The summed E-state index contributed by atoms with van der Waals surface area (Å²) in [6.45, 7) is 2.23. The molecule has 0 aromatic carbocycles. The molecule has 2 aromatic rings. The summed E-state index contributed by atoms with van der Waals surface area (Å²) in [6, 6.07) is 3.62. The van der Waals surface area contributed by atoms with Crippen LogP contribution in [0.1, 0.15) is 43.8 Å². The topological polar surface area (TPSA) is 58.2 Å². The summed E-state index contributed by atoms with van der Waals surface area (Å²) in [5.41, 5.74) is 1.75. The monoisotopic (exact) mass is 412 g/mol. The number of nitrogens with one attached hydrogen (secondary N) is 2. The predicted octanol–water partition coefficient (Wildman–Crippen LogP) is 4.31. The molecule has 3 rings (SSSR count). The summed E-state index contributed by atoms with van der Waals surface area (Å²) < 4.78 is 0.911. The van der Waals surface area contributed by atoms with Crippen molar-refractivity contribution in [2.45, 2.75) is 26.2 Å². The first-order chi connectivity index (χ1) is 11.0. The van der Waals surface area contributed by atoms with Gasteiger partial charge in [0.1, 0.15) is 5.00 Å². The Morgan fingerprint density at radius 1 is 1.26 bits per heavy atom. The lowest BCUT2D eigenvalue weighted by atomic mass is 9.88. The molecule has 2 heterocycles. The molecule has 0 saturated heterocycles. The Morgan fingerprint density at radius 2 is 2.04 bits per heavy atom. The summed E-state index contributed by atoms with van der Waals surface area (Å²) >= 11 is 6.28. The van der Waals surface area contributed by atoms with Gasteiger partial charge in [0, 0.05) is 11.9 Å². The second-order valence-corrected chi connectivity index (χ2v) is 9.26. The highest BCUT2D eigenvalue weighted by atomic mass is 79.9. The van der Waals surface area contributed by atoms with Crippen molar-refractivity contribution in [2.24, 2.45) is 5.92 Å². The van der Waals surface area contributed by atoms with Crippen molar-refractivity contribution in [3.05, 3.63) is 36.8 Å². The highest BCUT2D eigenvalue weighted by Crippen LogP contribution is 2.40. The van der Waals surface area contributed by atoms with Gasteiger partial charge in [-0.2, -0.15) is 0 Å². The highest BCUT2D eigenvalue weighted by Gasteiger charge is 2.28. The Morgan fingerprint density at radius 3 is 2.70 bits per heavy atom. The van der Waals surface area contributed by atoms with Crippen molar-refractivity contribution in [2.75, 3.05) is 12.4 Å². The summed E-state index contributed by atoms with van der Waals surface area (Å²) in [4.78, 5) is 26.6. The first-order valence-corrected chi connectivity index (χ1v) is 9.85. The van der Waals surface area contributed by atoms with Gasteiger partial charge in [0.25, 0.3) is 11.8 Å². The van der Waals surface area contributed by atoms with Crippen molar-refractivity contribution >= 4 is 55.4 Å². The van der Waals surface area contributed by atoms with Gasteiger partial charge in [-0.15, -0.1) is 22.7 Å². The average Bonchev–Trinajstić information content (AvgIpc) is 3.09. The van der Waals surface area contributed by atoms with Crippen LogP contribution in [0.5, 0.6) is 0 Å². The first kappa shape index (κ1) is 16.7. The standard InChI is InChI=1S/C16H17BrN2O2S2/c1-8-3-4-9-11(7-8)23-16(13(9)15(21)18-2)19-14(20)10-5-6-12(17)22-10/h5-6,8H,3-4,7H2,1-2H3,(H,18,21)(H,19,20).